The maximum absolute atomic E-state index is 12.1. The Balaban J connectivity index is 1.82. The lowest BCUT2D eigenvalue weighted by atomic mass is 10.2. The van der Waals surface area contributed by atoms with Crippen LogP contribution < -0.4 is 10.6 Å². The molecule has 0 spiro atoms. The van der Waals surface area contributed by atoms with Gasteiger partial charge in [-0.25, -0.2) is 0 Å². The third-order valence-electron chi connectivity index (χ3n) is 3.37. The number of hydrogen-bond donors (Lipinski definition) is 2. The number of esters is 1. The highest BCUT2D eigenvalue weighted by Crippen LogP contribution is 2.11. The van der Waals surface area contributed by atoms with Gasteiger partial charge in [0.1, 0.15) is 13.2 Å². The highest BCUT2D eigenvalue weighted by molar-refractivity contribution is 5.98. The SMILES string of the molecule is CCC(=O)Nc1cccc(C(=O)NCC(=O)OCc2ccccc2)c1. The summed E-state index contributed by atoms with van der Waals surface area (Å²) in [6.45, 7) is 1.68. The third-order valence-corrected chi connectivity index (χ3v) is 3.37. The average Bonchev–Trinajstić information content (AvgIpc) is 2.65. The molecule has 2 aromatic rings. The van der Waals surface area contributed by atoms with Crippen LogP contribution in [0.3, 0.4) is 0 Å². The van der Waals surface area contributed by atoms with Crippen molar-refractivity contribution < 1.29 is 19.1 Å². The molecule has 0 fully saturated rings. The van der Waals surface area contributed by atoms with Crippen LogP contribution in [0, 0.1) is 0 Å². The molecule has 0 saturated carbocycles. The van der Waals surface area contributed by atoms with Crippen molar-refractivity contribution in [1.82, 2.24) is 5.32 Å². The summed E-state index contributed by atoms with van der Waals surface area (Å²) in [5.41, 5.74) is 1.76. The zero-order valence-corrected chi connectivity index (χ0v) is 14.0. The van der Waals surface area contributed by atoms with Crippen molar-refractivity contribution in [1.29, 1.82) is 0 Å². The van der Waals surface area contributed by atoms with Gasteiger partial charge < -0.3 is 15.4 Å². The summed E-state index contributed by atoms with van der Waals surface area (Å²) in [6.07, 6.45) is 0.351. The van der Waals surface area contributed by atoms with E-state index in [1.165, 1.54) is 0 Å². The largest absolute Gasteiger partial charge is 0.460 e. The first-order valence-electron chi connectivity index (χ1n) is 7.96. The maximum atomic E-state index is 12.1. The summed E-state index contributed by atoms with van der Waals surface area (Å²) >= 11 is 0. The number of carbonyl (C=O) groups excluding carboxylic acids is 3. The zero-order chi connectivity index (χ0) is 18.1. The summed E-state index contributed by atoms with van der Waals surface area (Å²) in [7, 11) is 0. The molecule has 2 amide bonds. The van der Waals surface area contributed by atoms with E-state index in [1.54, 1.807) is 31.2 Å². The fraction of sp³-hybridized carbons (Fsp3) is 0.211. The lowest BCUT2D eigenvalue weighted by molar-refractivity contribution is -0.143. The molecule has 6 heteroatoms. The summed E-state index contributed by atoms with van der Waals surface area (Å²) in [5, 5.41) is 5.18. The van der Waals surface area contributed by atoms with Gasteiger partial charge in [-0.15, -0.1) is 0 Å². The molecule has 2 aromatic carbocycles. The van der Waals surface area contributed by atoms with Crippen molar-refractivity contribution >= 4 is 23.5 Å². The number of rotatable bonds is 7. The summed E-state index contributed by atoms with van der Waals surface area (Å²) in [4.78, 5) is 35.2. The van der Waals surface area contributed by atoms with Crippen molar-refractivity contribution in [2.45, 2.75) is 20.0 Å². The third kappa shape index (κ3) is 6.10. The van der Waals surface area contributed by atoms with Crippen LogP contribution in [0.1, 0.15) is 29.3 Å². The Kier molecular flexibility index (Phi) is 6.71. The molecule has 0 aliphatic carbocycles. The van der Waals surface area contributed by atoms with Crippen LogP contribution in [0.4, 0.5) is 5.69 Å². The molecule has 0 bridgehead atoms. The lowest BCUT2D eigenvalue weighted by Gasteiger charge is -2.08. The van der Waals surface area contributed by atoms with E-state index in [0.717, 1.165) is 5.56 Å². The van der Waals surface area contributed by atoms with Gasteiger partial charge in [0.15, 0.2) is 0 Å². The minimum absolute atomic E-state index is 0.137. The molecule has 0 aromatic heterocycles. The number of amides is 2. The molecule has 2 rings (SSSR count). The quantitative estimate of drug-likeness (QED) is 0.759. The Hall–Kier alpha value is -3.15. The van der Waals surface area contributed by atoms with E-state index in [2.05, 4.69) is 10.6 Å². The van der Waals surface area contributed by atoms with E-state index in [4.69, 9.17) is 4.74 Å². The number of hydrogen-bond acceptors (Lipinski definition) is 4. The fourth-order valence-corrected chi connectivity index (χ4v) is 2.03. The molecule has 0 unspecified atom stereocenters. The van der Waals surface area contributed by atoms with Crippen LogP contribution in [-0.2, 0) is 20.9 Å². The van der Waals surface area contributed by atoms with Crippen LogP contribution in [0.25, 0.3) is 0 Å². The first-order chi connectivity index (χ1) is 12.1. The molecule has 0 aliphatic heterocycles. The van der Waals surface area contributed by atoms with Gasteiger partial charge in [0.05, 0.1) is 0 Å². The highest BCUT2D eigenvalue weighted by atomic mass is 16.5. The number of ether oxygens (including phenoxy) is 1. The van der Waals surface area contributed by atoms with Gasteiger partial charge in [-0.1, -0.05) is 43.3 Å². The highest BCUT2D eigenvalue weighted by Gasteiger charge is 2.10. The molecule has 2 N–H and O–H groups in total. The molecule has 0 radical (unpaired) electrons. The Labute approximate surface area is 146 Å². The minimum Gasteiger partial charge on any atom is -0.460 e. The van der Waals surface area contributed by atoms with Crippen LogP contribution >= 0.6 is 0 Å². The first kappa shape index (κ1) is 18.2. The normalized spacial score (nSPS) is 9.96. The molecule has 130 valence electrons. The molecular weight excluding hydrogens is 320 g/mol. The number of nitrogens with one attached hydrogen (secondary N) is 2. The van der Waals surface area contributed by atoms with E-state index in [1.807, 2.05) is 30.3 Å². The van der Waals surface area contributed by atoms with Crippen LogP contribution in [0.5, 0.6) is 0 Å². The summed E-state index contributed by atoms with van der Waals surface area (Å²) < 4.78 is 5.09. The van der Waals surface area contributed by atoms with E-state index in [0.29, 0.717) is 17.7 Å². The van der Waals surface area contributed by atoms with Crippen molar-refractivity contribution in [3.8, 4) is 0 Å². The second-order valence-electron chi connectivity index (χ2n) is 5.31. The Morgan fingerprint density at radius 2 is 1.76 bits per heavy atom. The molecule has 25 heavy (non-hydrogen) atoms. The Morgan fingerprint density at radius 3 is 2.48 bits per heavy atom. The Morgan fingerprint density at radius 1 is 1.00 bits per heavy atom. The second-order valence-corrected chi connectivity index (χ2v) is 5.31. The van der Waals surface area contributed by atoms with Crippen molar-refractivity contribution in [2.75, 3.05) is 11.9 Å². The van der Waals surface area contributed by atoms with Gasteiger partial charge in [-0.2, -0.15) is 0 Å². The maximum Gasteiger partial charge on any atom is 0.325 e. The smallest absolute Gasteiger partial charge is 0.325 e. The van der Waals surface area contributed by atoms with Crippen molar-refractivity contribution in [3.63, 3.8) is 0 Å². The number of carbonyl (C=O) groups is 3. The fourth-order valence-electron chi connectivity index (χ4n) is 2.03. The first-order valence-corrected chi connectivity index (χ1v) is 7.96. The van der Waals surface area contributed by atoms with Gasteiger partial charge in [-0.05, 0) is 23.8 Å². The molecule has 0 saturated heterocycles. The molecule has 0 aliphatic rings. The summed E-state index contributed by atoms with van der Waals surface area (Å²) in [5.74, 6) is -1.07. The predicted molar refractivity (Wildman–Crippen MR) is 93.9 cm³/mol. The molecule has 0 heterocycles. The molecular formula is C19H20N2O4. The van der Waals surface area contributed by atoms with E-state index in [-0.39, 0.29) is 19.1 Å². The van der Waals surface area contributed by atoms with E-state index >= 15 is 0 Å². The van der Waals surface area contributed by atoms with Gasteiger partial charge in [0.25, 0.3) is 5.91 Å². The van der Waals surface area contributed by atoms with Crippen molar-refractivity contribution in [3.05, 3.63) is 65.7 Å². The van der Waals surface area contributed by atoms with E-state index < -0.39 is 11.9 Å². The van der Waals surface area contributed by atoms with E-state index in [9.17, 15) is 14.4 Å². The average molecular weight is 340 g/mol. The molecule has 6 nitrogen and oxygen atoms in total. The van der Waals surface area contributed by atoms with Gasteiger partial charge in [0, 0.05) is 17.7 Å². The van der Waals surface area contributed by atoms with Gasteiger partial charge >= 0.3 is 5.97 Å². The predicted octanol–water partition coefficient (Wildman–Crippen LogP) is 2.51. The second kappa shape index (κ2) is 9.22. The van der Waals surface area contributed by atoms with Gasteiger partial charge in [0.2, 0.25) is 5.91 Å². The van der Waals surface area contributed by atoms with Gasteiger partial charge in [-0.3, -0.25) is 14.4 Å². The monoisotopic (exact) mass is 340 g/mol. The van der Waals surface area contributed by atoms with Crippen molar-refractivity contribution in [2.24, 2.45) is 0 Å². The molecule has 0 atom stereocenters. The zero-order valence-electron chi connectivity index (χ0n) is 14.0. The Bertz CT molecular complexity index is 744. The lowest BCUT2D eigenvalue weighted by Crippen LogP contribution is -2.30. The minimum atomic E-state index is -0.521. The van der Waals surface area contributed by atoms with Crippen LogP contribution in [-0.4, -0.2) is 24.3 Å². The van der Waals surface area contributed by atoms with Crippen LogP contribution in [0.15, 0.2) is 54.6 Å². The summed E-state index contributed by atoms with van der Waals surface area (Å²) in [6, 6.07) is 15.8. The number of anilines is 1. The number of benzene rings is 2. The van der Waals surface area contributed by atoms with Crippen LogP contribution in [0.2, 0.25) is 0 Å². The topological polar surface area (TPSA) is 84.5 Å². The standard InChI is InChI=1S/C19H20N2O4/c1-2-17(22)21-16-10-6-9-15(11-16)19(24)20-12-18(23)25-13-14-7-4-3-5-8-14/h3-11H,2,12-13H2,1H3,(H,20,24)(H,21,22).